The van der Waals surface area contributed by atoms with E-state index in [1.54, 1.807) is 0 Å². The van der Waals surface area contributed by atoms with Gasteiger partial charge >= 0.3 is 0 Å². The van der Waals surface area contributed by atoms with E-state index in [9.17, 15) is 0 Å². The molecule has 1 aliphatic rings. The maximum absolute atomic E-state index is 3.71. The Morgan fingerprint density at radius 3 is 2.62 bits per heavy atom. The summed E-state index contributed by atoms with van der Waals surface area (Å²) in [6.07, 6.45) is 11.1. The van der Waals surface area contributed by atoms with Crippen LogP contribution in [0.3, 0.4) is 0 Å². The van der Waals surface area contributed by atoms with Gasteiger partial charge in [0.05, 0.1) is 6.04 Å². The smallest absolute Gasteiger partial charge is 0.0566 e. The second kappa shape index (κ2) is 10.4. The molecule has 1 saturated heterocycles. The molecular weight excluding hydrogens is 276 g/mol. The fourth-order valence-corrected chi connectivity index (χ4v) is 4.07. The number of thiophene rings is 1. The molecule has 0 amide bonds. The minimum absolute atomic E-state index is 0.604. The molecule has 2 nitrogen and oxygen atoms in total. The van der Waals surface area contributed by atoms with E-state index in [1.165, 1.54) is 75.9 Å². The van der Waals surface area contributed by atoms with Crippen LogP contribution in [0.15, 0.2) is 17.5 Å². The lowest BCUT2D eigenvalue weighted by molar-refractivity contribution is 0.242. The third-order valence-corrected chi connectivity index (χ3v) is 5.47. The molecule has 120 valence electrons. The van der Waals surface area contributed by atoms with Crippen LogP contribution in [0.25, 0.3) is 0 Å². The van der Waals surface area contributed by atoms with Gasteiger partial charge in [-0.15, -0.1) is 11.3 Å². The van der Waals surface area contributed by atoms with Crippen LogP contribution in [0.1, 0.15) is 69.2 Å². The van der Waals surface area contributed by atoms with Crippen molar-refractivity contribution >= 4 is 11.3 Å². The molecule has 1 aromatic heterocycles. The van der Waals surface area contributed by atoms with Crippen molar-refractivity contribution in [2.45, 2.75) is 64.3 Å². The number of rotatable bonds is 11. The monoisotopic (exact) mass is 308 g/mol. The largest absolute Gasteiger partial charge is 0.315 e. The lowest BCUT2D eigenvalue weighted by Gasteiger charge is -2.27. The van der Waals surface area contributed by atoms with Gasteiger partial charge in [0, 0.05) is 11.4 Å². The van der Waals surface area contributed by atoms with Gasteiger partial charge < -0.3 is 5.32 Å². The Balaban J connectivity index is 1.63. The molecule has 0 bridgehead atoms. The van der Waals surface area contributed by atoms with Gasteiger partial charge in [-0.2, -0.15) is 0 Å². The molecule has 0 spiro atoms. The van der Waals surface area contributed by atoms with Crippen LogP contribution in [0.2, 0.25) is 0 Å². The second-order valence-corrected chi connectivity index (χ2v) is 7.23. The van der Waals surface area contributed by atoms with Crippen molar-refractivity contribution in [1.82, 2.24) is 10.2 Å². The molecule has 1 unspecified atom stereocenters. The molecule has 1 N–H and O–H groups in total. The Morgan fingerprint density at radius 2 is 1.90 bits per heavy atom. The van der Waals surface area contributed by atoms with Crippen molar-refractivity contribution in [3.8, 4) is 0 Å². The molecule has 1 aliphatic heterocycles. The Bertz CT molecular complexity index is 344. The molecule has 1 atom stereocenters. The summed E-state index contributed by atoms with van der Waals surface area (Å²) in [5, 5.41) is 5.92. The molecule has 0 radical (unpaired) electrons. The zero-order valence-corrected chi connectivity index (χ0v) is 14.5. The van der Waals surface area contributed by atoms with Crippen LogP contribution in [0.5, 0.6) is 0 Å². The predicted molar refractivity (Wildman–Crippen MR) is 94.1 cm³/mol. The molecule has 0 aromatic carbocycles. The highest BCUT2D eigenvalue weighted by molar-refractivity contribution is 7.10. The van der Waals surface area contributed by atoms with Crippen molar-refractivity contribution in [2.75, 3.05) is 26.2 Å². The Morgan fingerprint density at radius 1 is 1.14 bits per heavy atom. The quantitative estimate of drug-likeness (QED) is 0.589. The molecule has 0 saturated carbocycles. The van der Waals surface area contributed by atoms with Crippen molar-refractivity contribution in [3.05, 3.63) is 22.4 Å². The van der Waals surface area contributed by atoms with Crippen molar-refractivity contribution in [3.63, 3.8) is 0 Å². The van der Waals surface area contributed by atoms with E-state index in [4.69, 9.17) is 0 Å². The average molecular weight is 309 g/mol. The number of hydrogen-bond donors (Lipinski definition) is 1. The highest BCUT2D eigenvalue weighted by atomic mass is 32.1. The fourth-order valence-electron chi connectivity index (χ4n) is 3.21. The summed E-state index contributed by atoms with van der Waals surface area (Å²) in [5.74, 6) is 0. The van der Waals surface area contributed by atoms with Crippen LogP contribution in [0, 0.1) is 0 Å². The van der Waals surface area contributed by atoms with Crippen LogP contribution >= 0.6 is 11.3 Å². The number of hydrogen-bond acceptors (Lipinski definition) is 3. The predicted octanol–water partition coefficient (Wildman–Crippen LogP) is 4.84. The summed E-state index contributed by atoms with van der Waals surface area (Å²) in [7, 11) is 0. The molecular formula is C18H32N2S. The van der Waals surface area contributed by atoms with Gasteiger partial charge in [-0.05, 0) is 50.3 Å². The fraction of sp³-hybridized carbons (Fsp3) is 0.778. The van der Waals surface area contributed by atoms with E-state index in [1.807, 2.05) is 11.3 Å². The lowest BCUT2D eigenvalue weighted by atomic mass is 10.1. The molecule has 1 fully saturated rings. The molecule has 0 aliphatic carbocycles. The van der Waals surface area contributed by atoms with E-state index in [0.717, 1.165) is 6.54 Å². The maximum Gasteiger partial charge on any atom is 0.0566 e. The van der Waals surface area contributed by atoms with Crippen LogP contribution in [0.4, 0.5) is 0 Å². The molecule has 3 heteroatoms. The maximum atomic E-state index is 3.71. The summed E-state index contributed by atoms with van der Waals surface area (Å²) >= 11 is 1.91. The minimum atomic E-state index is 0.604. The third-order valence-electron chi connectivity index (χ3n) is 4.50. The first kappa shape index (κ1) is 17.0. The minimum Gasteiger partial charge on any atom is -0.315 e. The summed E-state index contributed by atoms with van der Waals surface area (Å²) in [6, 6.07) is 5.10. The molecule has 2 heterocycles. The van der Waals surface area contributed by atoms with Gasteiger partial charge in [0.1, 0.15) is 0 Å². The van der Waals surface area contributed by atoms with E-state index >= 15 is 0 Å². The highest BCUT2D eigenvalue weighted by Gasteiger charge is 2.23. The van der Waals surface area contributed by atoms with Crippen LogP contribution in [-0.2, 0) is 0 Å². The summed E-state index contributed by atoms with van der Waals surface area (Å²) in [4.78, 5) is 4.20. The zero-order chi connectivity index (χ0) is 14.8. The normalized spacial score (nSPS) is 17.4. The van der Waals surface area contributed by atoms with Crippen LogP contribution in [-0.4, -0.2) is 31.1 Å². The molecule has 1 aromatic rings. The van der Waals surface area contributed by atoms with Crippen LogP contribution < -0.4 is 5.32 Å². The van der Waals surface area contributed by atoms with E-state index < -0.39 is 0 Å². The van der Waals surface area contributed by atoms with E-state index in [-0.39, 0.29) is 0 Å². The number of likely N-dealkylation sites (tertiary alicyclic amines) is 1. The molecule has 2 rings (SSSR count). The summed E-state index contributed by atoms with van der Waals surface area (Å²) < 4.78 is 0. The number of nitrogens with zero attached hydrogens (tertiary/aromatic N) is 1. The zero-order valence-electron chi connectivity index (χ0n) is 13.7. The standard InChI is InChI=1S/C18H32N2S/c1-2-3-4-5-6-7-12-19-16-17(18-11-10-15-21-18)20-13-8-9-14-20/h10-11,15,17,19H,2-9,12-14,16H2,1H3. The first-order valence-electron chi connectivity index (χ1n) is 8.90. The lowest BCUT2D eigenvalue weighted by Crippen LogP contribution is -2.34. The average Bonchev–Trinajstić information content (AvgIpc) is 3.19. The number of nitrogens with one attached hydrogen (secondary N) is 1. The Kier molecular flexibility index (Phi) is 8.38. The van der Waals surface area contributed by atoms with Gasteiger partial charge in [0.25, 0.3) is 0 Å². The van der Waals surface area contributed by atoms with Crippen molar-refractivity contribution in [2.24, 2.45) is 0 Å². The van der Waals surface area contributed by atoms with E-state index in [0.29, 0.717) is 6.04 Å². The SMILES string of the molecule is CCCCCCCCNCC(c1cccs1)N1CCCC1. The molecule has 21 heavy (non-hydrogen) atoms. The van der Waals surface area contributed by atoms with Crippen molar-refractivity contribution in [1.29, 1.82) is 0 Å². The van der Waals surface area contributed by atoms with Gasteiger partial charge in [0.15, 0.2) is 0 Å². The van der Waals surface area contributed by atoms with Gasteiger partial charge in [-0.1, -0.05) is 45.1 Å². The van der Waals surface area contributed by atoms with Crippen molar-refractivity contribution < 1.29 is 0 Å². The Labute approximate surface area is 134 Å². The first-order chi connectivity index (χ1) is 10.4. The highest BCUT2D eigenvalue weighted by Crippen LogP contribution is 2.27. The van der Waals surface area contributed by atoms with Gasteiger partial charge in [0.2, 0.25) is 0 Å². The van der Waals surface area contributed by atoms with Gasteiger partial charge in [-0.25, -0.2) is 0 Å². The second-order valence-electron chi connectivity index (χ2n) is 6.25. The first-order valence-corrected chi connectivity index (χ1v) is 9.78. The summed E-state index contributed by atoms with van der Waals surface area (Å²) in [6.45, 7) is 7.14. The third kappa shape index (κ3) is 6.09. The Hall–Kier alpha value is -0.380. The van der Waals surface area contributed by atoms with Gasteiger partial charge in [-0.3, -0.25) is 4.90 Å². The topological polar surface area (TPSA) is 15.3 Å². The summed E-state index contributed by atoms with van der Waals surface area (Å²) in [5.41, 5.74) is 0. The van der Waals surface area contributed by atoms with E-state index in [2.05, 4.69) is 34.7 Å². The number of unbranched alkanes of at least 4 members (excludes halogenated alkanes) is 5.